The standard InChI is InChI=1S/C19H17IN2OS/c1-12(2)14-9-7-13(8-10-14)11-17-18(23)22-19(24-17)21-16-6-4-3-5-15(16)20/h3-12H,1-2H3,(H,21,22,23)/b17-11+. The van der Waals surface area contributed by atoms with Crippen molar-refractivity contribution in [2.24, 2.45) is 4.99 Å². The van der Waals surface area contributed by atoms with E-state index in [2.05, 4.69) is 58.9 Å². The van der Waals surface area contributed by atoms with Gasteiger partial charge in [-0.05, 0) is 69.6 Å². The van der Waals surface area contributed by atoms with Crippen molar-refractivity contribution < 1.29 is 4.79 Å². The molecule has 0 atom stereocenters. The highest BCUT2D eigenvalue weighted by molar-refractivity contribution is 14.1. The molecule has 1 heterocycles. The first-order valence-electron chi connectivity index (χ1n) is 7.67. The molecule has 5 heteroatoms. The van der Waals surface area contributed by atoms with Gasteiger partial charge >= 0.3 is 0 Å². The number of rotatable bonds is 3. The van der Waals surface area contributed by atoms with Crippen molar-refractivity contribution >= 4 is 57.2 Å². The van der Waals surface area contributed by atoms with Gasteiger partial charge in [0.15, 0.2) is 5.17 Å². The molecule has 0 spiro atoms. The molecule has 1 aliphatic heterocycles. The third-order valence-corrected chi connectivity index (χ3v) is 5.45. The number of nitrogens with zero attached hydrogens (tertiary/aromatic N) is 1. The summed E-state index contributed by atoms with van der Waals surface area (Å²) in [4.78, 5) is 17.4. The number of aliphatic imine (C=N–C) groups is 1. The van der Waals surface area contributed by atoms with Crippen LogP contribution in [0.25, 0.3) is 6.08 Å². The number of amidine groups is 1. The molecule has 2 aromatic carbocycles. The lowest BCUT2D eigenvalue weighted by atomic mass is 10.0. The summed E-state index contributed by atoms with van der Waals surface area (Å²) in [6.45, 7) is 4.34. The zero-order valence-corrected chi connectivity index (χ0v) is 16.4. The van der Waals surface area contributed by atoms with Crippen molar-refractivity contribution in [3.05, 3.63) is 68.1 Å². The summed E-state index contributed by atoms with van der Waals surface area (Å²) < 4.78 is 1.05. The molecule has 1 fully saturated rings. The first-order valence-corrected chi connectivity index (χ1v) is 9.56. The van der Waals surface area contributed by atoms with Crippen LogP contribution >= 0.6 is 34.4 Å². The highest BCUT2D eigenvalue weighted by atomic mass is 127. The first-order chi connectivity index (χ1) is 11.5. The van der Waals surface area contributed by atoms with Crippen molar-refractivity contribution in [2.45, 2.75) is 19.8 Å². The summed E-state index contributed by atoms with van der Waals surface area (Å²) in [5.74, 6) is 0.403. The van der Waals surface area contributed by atoms with Crippen molar-refractivity contribution in [1.29, 1.82) is 0 Å². The van der Waals surface area contributed by atoms with Crippen LogP contribution in [0.4, 0.5) is 5.69 Å². The van der Waals surface area contributed by atoms with Gasteiger partial charge < -0.3 is 5.32 Å². The van der Waals surface area contributed by atoms with Gasteiger partial charge in [0, 0.05) is 3.57 Å². The number of carbonyl (C=O) groups excluding carboxylic acids is 1. The smallest absolute Gasteiger partial charge is 0.264 e. The van der Waals surface area contributed by atoms with Crippen molar-refractivity contribution in [2.75, 3.05) is 0 Å². The predicted molar refractivity (Wildman–Crippen MR) is 110 cm³/mol. The molecular formula is C19H17IN2OS. The van der Waals surface area contributed by atoms with Crippen LogP contribution in [0, 0.1) is 3.57 Å². The number of nitrogens with one attached hydrogen (secondary N) is 1. The maximum atomic E-state index is 12.2. The van der Waals surface area contributed by atoms with Crippen molar-refractivity contribution in [3.63, 3.8) is 0 Å². The van der Waals surface area contributed by atoms with E-state index < -0.39 is 0 Å². The van der Waals surface area contributed by atoms with Gasteiger partial charge in [-0.3, -0.25) is 4.79 Å². The van der Waals surface area contributed by atoms with Crippen LogP contribution in [0.5, 0.6) is 0 Å². The molecule has 0 saturated carbocycles. The van der Waals surface area contributed by atoms with Crippen LogP contribution in [-0.4, -0.2) is 11.1 Å². The molecule has 1 saturated heterocycles. The van der Waals surface area contributed by atoms with E-state index in [1.807, 2.05) is 42.5 Å². The van der Waals surface area contributed by atoms with Gasteiger partial charge in [0.05, 0.1) is 10.6 Å². The highest BCUT2D eigenvalue weighted by Crippen LogP contribution is 2.29. The topological polar surface area (TPSA) is 41.5 Å². The Labute approximate surface area is 159 Å². The van der Waals surface area contributed by atoms with Crippen LogP contribution in [0.15, 0.2) is 58.4 Å². The molecule has 24 heavy (non-hydrogen) atoms. The number of hydrogen-bond donors (Lipinski definition) is 1. The van der Waals surface area contributed by atoms with E-state index in [9.17, 15) is 4.79 Å². The molecule has 1 aliphatic rings. The van der Waals surface area contributed by atoms with Crippen LogP contribution in [0.3, 0.4) is 0 Å². The Kier molecular flexibility index (Phi) is 5.40. The van der Waals surface area contributed by atoms with Gasteiger partial charge in [-0.1, -0.05) is 50.2 Å². The Morgan fingerprint density at radius 1 is 1.12 bits per heavy atom. The molecule has 1 amide bonds. The number of benzene rings is 2. The Morgan fingerprint density at radius 2 is 1.83 bits per heavy atom. The lowest BCUT2D eigenvalue weighted by Crippen LogP contribution is -2.19. The molecule has 0 aromatic heterocycles. The summed E-state index contributed by atoms with van der Waals surface area (Å²) in [5.41, 5.74) is 3.18. The molecule has 3 nitrogen and oxygen atoms in total. The zero-order chi connectivity index (χ0) is 17.1. The third kappa shape index (κ3) is 4.08. The predicted octanol–water partition coefficient (Wildman–Crippen LogP) is 5.31. The first kappa shape index (κ1) is 17.2. The summed E-state index contributed by atoms with van der Waals surface area (Å²) in [6, 6.07) is 16.2. The Bertz CT molecular complexity index is 826. The van der Waals surface area contributed by atoms with Gasteiger partial charge in [0.25, 0.3) is 5.91 Å². The molecule has 0 aliphatic carbocycles. The maximum Gasteiger partial charge on any atom is 0.264 e. The van der Waals surface area contributed by atoms with Crippen LogP contribution in [-0.2, 0) is 4.79 Å². The molecule has 3 rings (SSSR count). The van der Waals surface area contributed by atoms with Gasteiger partial charge in [-0.2, -0.15) is 0 Å². The number of carbonyl (C=O) groups is 1. The van der Waals surface area contributed by atoms with Gasteiger partial charge in [0.1, 0.15) is 0 Å². The summed E-state index contributed by atoms with van der Waals surface area (Å²) >= 11 is 3.62. The maximum absolute atomic E-state index is 12.2. The fourth-order valence-corrected chi connectivity index (χ4v) is 3.60. The minimum Gasteiger partial charge on any atom is -0.300 e. The van der Waals surface area contributed by atoms with E-state index >= 15 is 0 Å². The van der Waals surface area contributed by atoms with Crippen LogP contribution in [0.1, 0.15) is 30.9 Å². The number of hydrogen-bond acceptors (Lipinski definition) is 3. The molecule has 1 N–H and O–H groups in total. The lowest BCUT2D eigenvalue weighted by Gasteiger charge is -2.04. The second-order valence-electron chi connectivity index (χ2n) is 5.75. The van der Waals surface area contributed by atoms with E-state index in [4.69, 9.17) is 0 Å². The Morgan fingerprint density at radius 3 is 2.50 bits per heavy atom. The van der Waals surface area contributed by atoms with Gasteiger partial charge in [-0.25, -0.2) is 4.99 Å². The Hall–Kier alpha value is -1.60. The van der Waals surface area contributed by atoms with Gasteiger partial charge in [-0.15, -0.1) is 0 Å². The normalized spacial score (nSPS) is 17.8. The minimum absolute atomic E-state index is 0.0994. The Balaban J connectivity index is 1.81. The van der Waals surface area contributed by atoms with Gasteiger partial charge in [0.2, 0.25) is 0 Å². The summed E-state index contributed by atoms with van der Waals surface area (Å²) in [5, 5.41) is 3.45. The molecule has 0 bridgehead atoms. The molecular weight excluding hydrogens is 431 g/mol. The summed E-state index contributed by atoms with van der Waals surface area (Å²) in [7, 11) is 0. The molecule has 2 aromatic rings. The summed E-state index contributed by atoms with van der Waals surface area (Å²) in [6.07, 6.45) is 1.91. The fourth-order valence-electron chi connectivity index (χ4n) is 2.26. The largest absolute Gasteiger partial charge is 0.300 e. The highest BCUT2D eigenvalue weighted by Gasteiger charge is 2.23. The number of para-hydroxylation sites is 1. The lowest BCUT2D eigenvalue weighted by molar-refractivity contribution is -0.115. The van der Waals surface area contributed by atoms with E-state index in [0.717, 1.165) is 14.8 Å². The van der Waals surface area contributed by atoms with Crippen LogP contribution in [0.2, 0.25) is 0 Å². The third-order valence-electron chi connectivity index (χ3n) is 3.63. The molecule has 0 unspecified atom stereocenters. The zero-order valence-electron chi connectivity index (χ0n) is 13.4. The molecule has 0 radical (unpaired) electrons. The number of halogens is 1. The average Bonchev–Trinajstić information content (AvgIpc) is 2.90. The van der Waals surface area contributed by atoms with E-state index in [1.165, 1.54) is 17.3 Å². The van der Waals surface area contributed by atoms with Crippen molar-refractivity contribution in [3.8, 4) is 0 Å². The monoisotopic (exact) mass is 448 g/mol. The quantitative estimate of drug-likeness (QED) is 0.511. The second kappa shape index (κ2) is 7.53. The van der Waals surface area contributed by atoms with E-state index in [0.29, 0.717) is 16.0 Å². The van der Waals surface area contributed by atoms with Crippen molar-refractivity contribution in [1.82, 2.24) is 5.32 Å². The molecule has 122 valence electrons. The van der Waals surface area contributed by atoms with E-state index in [-0.39, 0.29) is 5.91 Å². The SMILES string of the molecule is CC(C)c1ccc(/C=C2/SC(=Nc3ccccc3I)NC2=O)cc1. The fraction of sp³-hybridized carbons (Fsp3) is 0.158. The average molecular weight is 448 g/mol. The van der Waals surface area contributed by atoms with Crippen LogP contribution < -0.4 is 5.32 Å². The number of thioether (sulfide) groups is 1. The number of amides is 1. The second-order valence-corrected chi connectivity index (χ2v) is 7.95. The van der Waals surface area contributed by atoms with E-state index in [1.54, 1.807) is 0 Å². The minimum atomic E-state index is -0.0994.